The molecule has 1 unspecified atom stereocenters. The second-order valence-corrected chi connectivity index (χ2v) is 7.68. The summed E-state index contributed by atoms with van der Waals surface area (Å²) in [5, 5.41) is 9.24. The number of likely N-dealkylation sites (tertiary alicyclic amines) is 1. The highest BCUT2D eigenvalue weighted by Crippen LogP contribution is 2.74. The third-order valence-electron chi connectivity index (χ3n) is 5.97. The molecule has 1 aromatic carbocycles. The largest absolute Gasteiger partial charge is 0.493 e. The van der Waals surface area contributed by atoms with E-state index in [0.29, 0.717) is 37.3 Å². The lowest BCUT2D eigenvalue weighted by atomic mass is 9.34. The van der Waals surface area contributed by atoms with Gasteiger partial charge in [0.1, 0.15) is 6.10 Å². The second-order valence-electron chi connectivity index (χ2n) is 7.68. The first-order valence-corrected chi connectivity index (χ1v) is 8.81. The molecule has 1 amide bonds. The Kier molecular flexibility index (Phi) is 3.67. The third kappa shape index (κ3) is 2.46. The summed E-state index contributed by atoms with van der Waals surface area (Å²) < 4.78 is 11.4. The standard InChI is InChI=1S/C19H23NO5/c1-24-14-6-2-3-7-15(14)25-13-5-4-8-20(9-13)16(21)18-10-19(11-18,12-18)17(22)23/h2-3,6-7,13H,4-5,8-12H2,1H3,(H,22,23). The van der Waals surface area contributed by atoms with Crippen molar-refractivity contribution in [1.29, 1.82) is 0 Å². The number of nitrogens with zero attached hydrogens (tertiary/aromatic N) is 1. The van der Waals surface area contributed by atoms with Gasteiger partial charge in [-0.3, -0.25) is 9.59 Å². The molecule has 1 atom stereocenters. The van der Waals surface area contributed by atoms with E-state index in [1.165, 1.54) is 0 Å². The van der Waals surface area contributed by atoms with Crippen LogP contribution in [-0.4, -0.2) is 48.2 Å². The van der Waals surface area contributed by atoms with Crippen molar-refractivity contribution in [3.8, 4) is 11.5 Å². The molecule has 1 N–H and O–H groups in total. The maximum absolute atomic E-state index is 12.9. The van der Waals surface area contributed by atoms with Crippen molar-refractivity contribution in [2.24, 2.45) is 10.8 Å². The first-order valence-electron chi connectivity index (χ1n) is 8.81. The summed E-state index contributed by atoms with van der Waals surface area (Å²) >= 11 is 0. The van der Waals surface area contributed by atoms with E-state index >= 15 is 0 Å². The monoisotopic (exact) mass is 345 g/mol. The number of aliphatic carboxylic acids is 1. The molecule has 5 rings (SSSR count). The second kappa shape index (κ2) is 5.64. The van der Waals surface area contributed by atoms with Crippen LogP contribution in [0, 0.1) is 10.8 Å². The highest BCUT2D eigenvalue weighted by Gasteiger charge is 2.75. The van der Waals surface area contributed by atoms with Crippen LogP contribution < -0.4 is 9.47 Å². The number of carbonyl (C=O) groups is 2. The van der Waals surface area contributed by atoms with Crippen molar-refractivity contribution in [2.45, 2.75) is 38.2 Å². The molecule has 1 saturated heterocycles. The van der Waals surface area contributed by atoms with Gasteiger partial charge in [-0.1, -0.05) is 12.1 Å². The molecule has 0 aromatic heterocycles. The van der Waals surface area contributed by atoms with Gasteiger partial charge >= 0.3 is 5.97 Å². The zero-order valence-corrected chi connectivity index (χ0v) is 14.4. The van der Waals surface area contributed by atoms with Crippen LogP contribution in [0.1, 0.15) is 32.1 Å². The smallest absolute Gasteiger partial charge is 0.309 e. The number of piperidine rings is 1. The summed E-state index contributed by atoms with van der Waals surface area (Å²) in [6.45, 7) is 1.28. The highest BCUT2D eigenvalue weighted by atomic mass is 16.5. The number of hydrogen-bond donors (Lipinski definition) is 1. The van der Waals surface area contributed by atoms with Gasteiger partial charge in [0.2, 0.25) is 5.91 Å². The first-order chi connectivity index (χ1) is 12.0. The minimum absolute atomic E-state index is 0.0604. The van der Waals surface area contributed by atoms with Crippen LogP contribution in [0.25, 0.3) is 0 Å². The fourth-order valence-electron chi connectivity index (χ4n) is 4.69. The lowest BCUT2D eigenvalue weighted by Gasteiger charge is -2.67. The lowest BCUT2D eigenvalue weighted by molar-refractivity contribution is -0.227. The van der Waals surface area contributed by atoms with Crippen molar-refractivity contribution in [1.82, 2.24) is 4.90 Å². The molecule has 6 heteroatoms. The van der Waals surface area contributed by atoms with Gasteiger partial charge in [0, 0.05) is 6.54 Å². The molecule has 0 spiro atoms. The molecule has 1 aromatic rings. The molecule has 25 heavy (non-hydrogen) atoms. The number of amides is 1. The van der Waals surface area contributed by atoms with E-state index in [1.54, 1.807) is 7.11 Å². The highest BCUT2D eigenvalue weighted by molar-refractivity contribution is 5.93. The Morgan fingerprint density at radius 3 is 2.48 bits per heavy atom. The summed E-state index contributed by atoms with van der Waals surface area (Å²) in [5.74, 6) is 0.746. The van der Waals surface area contributed by atoms with E-state index < -0.39 is 16.8 Å². The summed E-state index contributed by atoms with van der Waals surface area (Å²) in [4.78, 5) is 26.0. The quantitative estimate of drug-likeness (QED) is 0.886. The fraction of sp³-hybridized carbons (Fsp3) is 0.579. The SMILES string of the molecule is COc1ccccc1OC1CCCN(C(=O)C23CC(C(=O)O)(C2)C3)C1. The fourth-order valence-corrected chi connectivity index (χ4v) is 4.69. The average molecular weight is 345 g/mol. The van der Waals surface area contributed by atoms with E-state index in [1.807, 2.05) is 29.2 Å². The number of hydrogen-bond acceptors (Lipinski definition) is 4. The molecule has 134 valence electrons. The molecule has 3 saturated carbocycles. The molecule has 3 aliphatic carbocycles. The van der Waals surface area contributed by atoms with E-state index in [9.17, 15) is 14.7 Å². The predicted molar refractivity (Wildman–Crippen MR) is 89.6 cm³/mol. The summed E-state index contributed by atoms with van der Waals surface area (Å²) in [6.07, 6.45) is 3.24. The number of carbonyl (C=O) groups excluding carboxylic acids is 1. The molecule has 1 heterocycles. The molecular weight excluding hydrogens is 322 g/mol. The van der Waals surface area contributed by atoms with Crippen molar-refractivity contribution in [3.05, 3.63) is 24.3 Å². The van der Waals surface area contributed by atoms with Gasteiger partial charge < -0.3 is 19.5 Å². The Morgan fingerprint density at radius 1 is 1.16 bits per heavy atom. The van der Waals surface area contributed by atoms with Gasteiger partial charge in [-0.05, 0) is 44.2 Å². The minimum atomic E-state index is -0.752. The number of carboxylic acids is 1. The van der Waals surface area contributed by atoms with Gasteiger partial charge in [-0.2, -0.15) is 0 Å². The Bertz CT molecular complexity index is 696. The predicted octanol–water partition coefficient (Wildman–Crippen LogP) is 2.32. The lowest BCUT2D eigenvalue weighted by Crippen LogP contribution is -2.71. The van der Waals surface area contributed by atoms with Crippen LogP contribution in [-0.2, 0) is 9.59 Å². The van der Waals surface area contributed by atoms with Gasteiger partial charge in [-0.25, -0.2) is 0 Å². The van der Waals surface area contributed by atoms with Gasteiger partial charge in [-0.15, -0.1) is 0 Å². The molecule has 2 bridgehead atoms. The van der Waals surface area contributed by atoms with Gasteiger partial charge in [0.25, 0.3) is 0 Å². The van der Waals surface area contributed by atoms with Crippen molar-refractivity contribution < 1.29 is 24.2 Å². The van der Waals surface area contributed by atoms with Crippen LogP contribution in [0.2, 0.25) is 0 Å². The normalized spacial score (nSPS) is 33.0. The minimum Gasteiger partial charge on any atom is -0.493 e. The molecule has 4 fully saturated rings. The summed E-state index contributed by atoms with van der Waals surface area (Å²) in [7, 11) is 1.61. The first kappa shape index (κ1) is 16.2. The number of benzene rings is 1. The van der Waals surface area contributed by atoms with Crippen molar-refractivity contribution in [2.75, 3.05) is 20.2 Å². The zero-order valence-electron chi connectivity index (χ0n) is 14.4. The van der Waals surface area contributed by atoms with Crippen LogP contribution in [0.4, 0.5) is 0 Å². The number of methoxy groups -OCH3 is 1. The maximum atomic E-state index is 12.9. The van der Waals surface area contributed by atoms with Gasteiger partial charge in [0.15, 0.2) is 11.5 Å². The van der Waals surface area contributed by atoms with Crippen molar-refractivity contribution >= 4 is 11.9 Å². The maximum Gasteiger partial charge on any atom is 0.309 e. The van der Waals surface area contributed by atoms with E-state index in [2.05, 4.69) is 0 Å². The zero-order chi connectivity index (χ0) is 17.7. The van der Waals surface area contributed by atoms with Crippen LogP contribution in [0.3, 0.4) is 0 Å². The van der Waals surface area contributed by atoms with Gasteiger partial charge in [0.05, 0.1) is 24.5 Å². The summed E-state index contributed by atoms with van der Waals surface area (Å²) in [5.41, 5.74) is -1.02. The number of ether oxygens (including phenoxy) is 2. The topological polar surface area (TPSA) is 76.1 Å². The molecule has 1 aliphatic heterocycles. The van der Waals surface area contributed by atoms with E-state index in [4.69, 9.17) is 9.47 Å². The Labute approximate surface area is 146 Å². The Hall–Kier alpha value is -2.24. The average Bonchev–Trinajstić information content (AvgIpc) is 2.52. The Morgan fingerprint density at radius 2 is 1.84 bits per heavy atom. The number of rotatable bonds is 5. The number of para-hydroxylation sites is 2. The van der Waals surface area contributed by atoms with Crippen molar-refractivity contribution in [3.63, 3.8) is 0 Å². The molecule has 6 nitrogen and oxygen atoms in total. The Balaban J connectivity index is 1.39. The molecule has 0 radical (unpaired) electrons. The van der Waals surface area contributed by atoms with Crippen LogP contribution >= 0.6 is 0 Å². The van der Waals surface area contributed by atoms with E-state index in [-0.39, 0.29) is 12.0 Å². The van der Waals surface area contributed by atoms with E-state index in [0.717, 1.165) is 19.4 Å². The third-order valence-corrected chi connectivity index (χ3v) is 5.97. The molecule has 4 aliphatic rings. The number of carboxylic acid groups (broad SMARTS) is 1. The van der Waals surface area contributed by atoms with Crippen LogP contribution in [0.15, 0.2) is 24.3 Å². The molecular formula is C19H23NO5. The van der Waals surface area contributed by atoms with Crippen LogP contribution in [0.5, 0.6) is 11.5 Å². The summed E-state index contributed by atoms with van der Waals surface area (Å²) in [6, 6.07) is 7.52.